The van der Waals surface area contributed by atoms with Gasteiger partial charge in [-0.25, -0.2) is 4.98 Å². The van der Waals surface area contributed by atoms with Crippen molar-refractivity contribution < 1.29 is 9.53 Å². The molecule has 0 saturated carbocycles. The molecule has 0 fully saturated rings. The van der Waals surface area contributed by atoms with Gasteiger partial charge in [-0.1, -0.05) is 6.07 Å². The third-order valence-electron chi connectivity index (χ3n) is 2.66. The van der Waals surface area contributed by atoms with Gasteiger partial charge in [-0.2, -0.15) is 5.10 Å². The maximum absolute atomic E-state index is 12.2. The van der Waals surface area contributed by atoms with Gasteiger partial charge in [0.05, 0.1) is 12.1 Å². The summed E-state index contributed by atoms with van der Waals surface area (Å²) in [4.78, 5) is 16.2. The van der Waals surface area contributed by atoms with Gasteiger partial charge in [-0.15, -0.1) is 0 Å². The van der Waals surface area contributed by atoms with Crippen molar-refractivity contribution >= 4 is 5.91 Å². The summed E-state index contributed by atoms with van der Waals surface area (Å²) in [5, 5.41) is 9.34. The van der Waals surface area contributed by atoms with Crippen LogP contribution in [0, 0.1) is 0 Å². The van der Waals surface area contributed by atoms with Crippen LogP contribution in [-0.2, 0) is 0 Å². The molecule has 0 spiro atoms. The number of H-pyrrole nitrogens is 1. The van der Waals surface area contributed by atoms with Crippen LogP contribution in [0.2, 0.25) is 0 Å². The number of carbonyl (C=O) groups is 1. The Kier molecular flexibility index (Phi) is 4.34. The summed E-state index contributed by atoms with van der Waals surface area (Å²) in [6.07, 6.45) is 1.48. The van der Waals surface area contributed by atoms with Crippen LogP contribution in [0.3, 0.4) is 0 Å². The smallest absolute Gasteiger partial charge is 0.251 e. The fourth-order valence-electron chi connectivity index (χ4n) is 1.75. The number of amides is 1. The van der Waals surface area contributed by atoms with Crippen molar-refractivity contribution in [1.29, 1.82) is 0 Å². The average Bonchev–Trinajstić information content (AvgIpc) is 2.92. The zero-order chi connectivity index (χ0) is 14.5. The molecule has 6 nitrogen and oxygen atoms in total. The number of hydrogen-bond acceptors (Lipinski definition) is 4. The number of benzene rings is 1. The van der Waals surface area contributed by atoms with E-state index >= 15 is 0 Å². The number of hydrogen-bond donors (Lipinski definition) is 2. The normalized spacial score (nSPS) is 12.2. The van der Waals surface area contributed by atoms with Gasteiger partial charge in [0, 0.05) is 5.56 Å². The van der Waals surface area contributed by atoms with Gasteiger partial charge < -0.3 is 10.1 Å². The van der Waals surface area contributed by atoms with Gasteiger partial charge >= 0.3 is 0 Å². The fourth-order valence-corrected chi connectivity index (χ4v) is 1.75. The van der Waals surface area contributed by atoms with Gasteiger partial charge in [-0.05, 0) is 39.0 Å². The van der Waals surface area contributed by atoms with E-state index in [1.165, 1.54) is 6.33 Å². The molecule has 1 heterocycles. The van der Waals surface area contributed by atoms with E-state index in [-0.39, 0.29) is 18.1 Å². The van der Waals surface area contributed by atoms with E-state index in [0.717, 1.165) is 0 Å². The summed E-state index contributed by atoms with van der Waals surface area (Å²) >= 11 is 0. The molecule has 0 bridgehead atoms. The summed E-state index contributed by atoms with van der Waals surface area (Å²) in [6.45, 7) is 5.73. The minimum absolute atomic E-state index is 0.0708. The molecule has 20 heavy (non-hydrogen) atoms. The van der Waals surface area contributed by atoms with Crippen LogP contribution >= 0.6 is 0 Å². The fraction of sp³-hybridized carbons (Fsp3) is 0.357. The Labute approximate surface area is 117 Å². The molecule has 2 rings (SSSR count). The Morgan fingerprint density at radius 1 is 1.35 bits per heavy atom. The predicted molar refractivity (Wildman–Crippen MR) is 74.5 cm³/mol. The highest BCUT2D eigenvalue weighted by Gasteiger charge is 2.14. The van der Waals surface area contributed by atoms with E-state index in [4.69, 9.17) is 4.74 Å². The molecule has 1 aromatic heterocycles. The van der Waals surface area contributed by atoms with Crippen LogP contribution in [-0.4, -0.2) is 27.2 Å². The van der Waals surface area contributed by atoms with E-state index in [9.17, 15) is 4.79 Å². The molecular weight excluding hydrogens is 256 g/mol. The van der Waals surface area contributed by atoms with Crippen molar-refractivity contribution in [2.24, 2.45) is 0 Å². The van der Waals surface area contributed by atoms with Gasteiger partial charge in [-0.3, -0.25) is 9.89 Å². The largest absolute Gasteiger partial charge is 0.491 e. The Hall–Kier alpha value is -2.37. The van der Waals surface area contributed by atoms with Crippen LogP contribution in [0.15, 0.2) is 30.6 Å². The SMILES string of the molecule is CC(C)Oc1cccc(C(=O)NC(C)c2ncn[nH]2)c1. The summed E-state index contributed by atoms with van der Waals surface area (Å²) in [5.41, 5.74) is 0.550. The first-order valence-electron chi connectivity index (χ1n) is 6.49. The Morgan fingerprint density at radius 2 is 2.15 bits per heavy atom. The number of carbonyl (C=O) groups excluding carboxylic acids is 1. The van der Waals surface area contributed by atoms with E-state index in [1.807, 2.05) is 26.8 Å². The van der Waals surface area contributed by atoms with Crippen molar-refractivity contribution in [3.63, 3.8) is 0 Å². The predicted octanol–water partition coefficient (Wildman–Crippen LogP) is 2.08. The Balaban J connectivity index is 2.05. The van der Waals surface area contributed by atoms with Gasteiger partial charge in [0.25, 0.3) is 5.91 Å². The van der Waals surface area contributed by atoms with Crippen LogP contribution in [0.25, 0.3) is 0 Å². The third kappa shape index (κ3) is 3.57. The molecule has 1 atom stereocenters. The van der Waals surface area contributed by atoms with E-state index < -0.39 is 0 Å². The molecular formula is C14H18N4O2. The van der Waals surface area contributed by atoms with Crippen LogP contribution in [0.4, 0.5) is 0 Å². The highest BCUT2D eigenvalue weighted by Crippen LogP contribution is 2.16. The number of aromatic nitrogens is 3. The summed E-state index contributed by atoms with van der Waals surface area (Å²) in [5.74, 6) is 1.12. The third-order valence-corrected chi connectivity index (χ3v) is 2.66. The molecule has 2 aromatic rings. The standard InChI is InChI=1S/C14H18N4O2/c1-9(2)20-12-6-4-5-11(7-12)14(19)17-10(3)13-15-8-16-18-13/h4-10H,1-3H3,(H,17,19)(H,15,16,18). The molecule has 1 aromatic carbocycles. The van der Waals surface area contributed by atoms with Gasteiger partial charge in [0.15, 0.2) is 0 Å². The number of nitrogens with one attached hydrogen (secondary N) is 2. The van der Waals surface area contributed by atoms with E-state index in [0.29, 0.717) is 17.1 Å². The second-order valence-electron chi connectivity index (χ2n) is 4.76. The maximum Gasteiger partial charge on any atom is 0.251 e. The quantitative estimate of drug-likeness (QED) is 0.874. The lowest BCUT2D eigenvalue weighted by Gasteiger charge is -2.13. The van der Waals surface area contributed by atoms with E-state index in [2.05, 4.69) is 20.5 Å². The summed E-state index contributed by atoms with van der Waals surface area (Å²) < 4.78 is 5.57. The lowest BCUT2D eigenvalue weighted by Crippen LogP contribution is -2.27. The van der Waals surface area contributed by atoms with Gasteiger partial charge in [0.1, 0.15) is 17.9 Å². The Morgan fingerprint density at radius 3 is 2.80 bits per heavy atom. The molecule has 2 N–H and O–H groups in total. The second kappa shape index (κ2) is 6.18. The number of ether oxygens (including phenoxy) is 1. The van der Waals surface area contributed by atoms with Gasteiger partial charge in [0.2, 0.25) is 0 Å². The first-order valence-corrected chi connectivity index (χ1v) is 6.49. The highest BCUT2D eigenvalue weighted by molar-refractivity contribution is 5.94. The van der Waals surface area contributed by atoms with Crippen LogP contribution < -0.4 is 10.1 Å². The zero-order valence-corrected chi connectivity index (χ0v) is 11.8. The topological polar surface area (TPSA) is 79.9 Å². The maximum atomic E-state index is 12.2. The van der Waals surface area contributed by atoms with Crippen LogP contribution in [0.1, 0.15) is 43.0 Å². The number of aromatic amines is 1. The van der Waals surface area contributed by atoms with Crippen molar-refractivity contribution in [1.82, 2.24) is 20.5 Å². The van der Waals surface area contributed by atoms with E-state index in [1.54, 1.807) is 18.2 Å². The number of rotatable bonds is 5. The van der Waals surface area contributed by atoms with Crippen LogP contribution in [0.5, 0.6) is 5.75 Å². The van der Waals surface area contributed by atoms with Crippen molar-refractivity contribution in [3.05, 3.63) is 42.0 Å². The van der Waals surface area contributed by atoms with Crippen molar-refractivity contribution in [3.8, 4) is 5.75 Å². The molecule has 0 aliphatic rings. The van der Waals surface area contributed by atoms with Crippen molar-refractivity contribution in [2.75, 3.05) is 0 Å². The van der Waals surface area contributed by atoms with Crippen molar-refractivity contribution in [2.45, 2.75) is 32.9 Å². The molecule has 1 unspecified atom stereocenters. The summed E-state index contributed by atoms with van der Waals surface area (Å²) in [7, 11) is 0. The minimum atomic E-state index is -0.236. The summed E-state index contributed by atoms with van der Waals surface area (Å²) in [6, 6.07) is 6.86. The zero-order valence-electron chi connectivity index (χ0n) is 11.8. The first kappa shape index (κ1) is 14.0. The monoisotopic (exact) mass is 274 g/mol. The lowest BCUT2D eigenvalue weighted by molar-refractivity contribution is 0.0937. The average molecular weight is 274 g/mol. The molecule has 0 radical (unpaired) electrons. The molecule has 0 aliphatic heterocycles. The first-order chi connectivity index (χ1) is 9.56. The minimum Gasteiger partial charge on any atom is -0.491 e. The lowest BCUT2D eigenvalue weighted by atomic mass is 10.2. The molecule has 1 amide bonds. The number of nitrogens with zero attached hydrogens (tertiary/aromatic N) is 2. The molecule has 106 valence electrons. The molecule has 0 saturated heterocycles. The highest BCUT2D eigenvalue weighted by atomic mass is 16.5. The Bertz CT molecular complexity index is 566. The molecule has 0 aliphatic carbocycles. The second-order valence-corrected chi connectivity index (χ2v) is 4.76. The molecule has 6 heteroatoms.